The van der Waals surface area contributed by atoms with Gasteiger partial charge >= 0.3 is 12.1 Å². The summed E-state index contributed by atoms with van der Waals surface area (Å²) in [6.45, 7) is 8.67. The fraction of sp³-hybridized carbons (Fsp3) is 0.579. The van der Waals surface area contributed by atoms with Crippen molar-refractivity contribution in [2.45, 2.75) is 39.3 Å². The Bertz CT molecular complexity index is 599. The largest absolute Gasteiger partial charge is 0.468 e. The zero-order valence-electron chi connectivity index (χ0n) is 16.4. The van der Waals surface area contributed by atoms with Crippen molar-refractivity contribution in [3.05, 3.63) is 33.4 Å². The van der Waals surface area contributed by atoms with E-state index in [1.165, 1.54) is 12.0 Å². The first kappa shape index (κ1) is 22.7. The van der Waals surface area contributed by atoms with Crippen molar-refractivity contribution in [2.75, 3.05) is 33.8 Å². The first-order valence-electron chi connectivity index (χ1n) is 8.54. The molecule has 1 amide bonds. The third-order valence-electron chi connectivity index (χ3n) is 3.89. The molecule has 0 unspecified atom stereocenters. The van der Waals surface area contributed by atoms with Crippen LogP contribution < -0.4 is 0 Å². The summed E-state index contributed by atoms with van der Waals surface area (Å²) in [5.74, 6) is -0.303. The molecule has 1 aromatic rings. The number of carbonyl (C=O) groups is 2. The maximum atomic E-state index is 12.1. The summed E-state index contributed by atoms with van der Waals surface area (Å²) in [6, 6.07) is 8.19. The van der Waals surface area contributed by atoms with Crippen LogP contribution in [0.25, 0.3) is 0 Å². The number of carbonyl (C=O) groups excluding carboxylic acids is 2. The molecule has 0 radical (unpaired) electrons. The minimum atomic E-state index is -0.536. The Labute approximate surface area is 170 Å². The normalized spacial score (nSPS) is 12.6. The number of halogens is 1. The van der Waals surface area contributed by atoms with Crippen LogP contribution in [0.1, 0.15) is 39.3 Å². The van der Waals surface area contributed by atoms with Gasteiger partial charge in [-0.2, -0.15) is 0 Å². The van der Waals surface area contributed by atoms with Crippen molar-refractivity contribution in [1.29, 1.82) is 0 Å². The fourth-order valence-corrected chi connectivity index (χ4v) is 2.66. The number of likely N-dealkylation sites (N-methyl/N-ethyl adjacent to an activating group) is 1. The van der Waals surface area contributed by atoms with Gasteiger partial charge in [0.05, 0.1) is 13.7 Å². The number of ether oxygens (including phenoxy) is 2. The molecule has 0 heterocycles. The summed E-state index contributed by atoms with van der Waals surface area (Å²) in [7, 11) is 3.07. The number of hydrogen-bond acceptors (Lipinski definition) is 5. The maximum Gasteiger partial charge on any atom is 0.410 e. The van der Waals surface area contributed by atoms with E-state index in [9.17, 15) is 9.59 Å². The predicted octanol–water partition coefficient (Wildman–Crippen LogP) is 3.69. The van der Waals surface area contributed by atoms with E-state index in [-0.39, 0.29) is 24.6 Å². The third kappa shape index (κ3) is 7.90. The van der Waals surface area contributed by atoms with Gasteiger partial charge in [-0.3, -0.25) is 9.69 Å². The second kappa shape index (κ2) is 10.1. The Morgan fingerprint density at radius 3 is 2.23 bits per heavy atom. The number of benzene rings is 1. The van der Waals surface area contributed by atoms with E-state index < -0.39 is 5.60 Å². The Morgan fingerprint density at radius 2 is 1.73 bits per heavy atom. The quantitative estimate of drug-likeness (QED) is 0.444. The SMILES string of the molecule is COC(=O)CN(CCN(C)C(=O)OC(C)(C)C)[C@@H](C)c1ccc(I)cc1. The zero-order valence-corrected chi connectivity index (χ0v) is 18.6. The molecule has 1 atom stereocenters. The van der Waals surface area contributed by atoms with Gasteiger partial charge in [0.15, 0.2) is 0 Å². The average molecular weight is 476 g/mol. The van der Waals surface area contributed by atoms with Crippen molar-refractivity contribution in [2.24, 2.45) is 0 Å². The summed E-state index contributed by atoms with van der Waals surface area (Å²) in [5.41, 5.74) is 0.570. The highest BCUT2D eigenvalue weighted by Gasteiger charge is 2.23. The molecule has 0 saturated carbocycles. The molecule has 6 nitrogen and oxygen atoms in total. The predicted molar refractivity (Wildman–Crippen MR) is 110 cm³/mol. The number of esters is 1. The standard InChI is InChI=1S/C19H29IN2O4/c1-14(15-7-9-16(20)10-8-15)22(13-17(23)25-6)12-11-21(5)18(24)26-19(2,3)4/h7-10,14H,11-13H2,1-6H3/t14-/m0/s1. The van der Waals surface area contributed by atoms with Gasteiger partial charge in [-0.15, -0.1) is 0 Å². The second-order valence-electron chi connectivity index (χ2n) is 7.18. The van der Waals surface area contributed by atoms with Gasteiger partial charge in [0.2, 0.25) is 0 Å². The lowest BCUT2D eigenvalue weighted by molar-refractivity contribution is -0.142. The molecule has 0 spiro atoms. The van der Waals surface area contributed by atoms with Crippen molar-refractivity contribution < 1.29 is 19.1 Å². The molecule has 0 saturated heterocycles. The molecule has 0 aliphatic heterocycles. The topological polar surface area (TPSA) is 59.1 Å². The summed E-state index contributed by atoms with van der Waals surface area (Å²) < 4.78 is 11.3. The van der Waals surface area contributed by atoms with Gasteiger partial charge in [-0.1, -0.05) is 12.1 Å². The number of rotatable bonds is 7. The summed E-state index contributed by atoms with van der Waals surface area (Å²) in [5, 5.41) is 0. The highest BCUT2D eigenvalue weighted by Crippen LogP contribution is 2.21. The molecule has 0 aliphatic carbocycles. The van der Waals surface area contributed by atoms with Crippen molar-refractivity contribution in [3.8, 4) is 0 Å². The minimum Gasteiger partial charge on any atom is -0.468 e. The highest BCUT2D eigenvalue weighted by atomic mass is 127. The highest BCUT2D eigenvalue weighted by molar-refractivity contribution is 14.1. The summed E-state index contributed by atoms with van der Waals surface area (Å²) in [6.07, 6.45) is -0.377. The van der Waals surface area contributed by atoms with Crippen LogP contribution in [0.5, 0.6) is 0 Å². The lowest BCUT2D eigenvalue weighted by Gasteiger charge is -2.31. The molecule has 26 heavy (non-hydrogen) atoms. The Hall–Kier alpha value is -1.35. The molecule has 1 aromatic carbocycles. The average Bonchev–Trinajstić information content (AvgIpc) is 2.56. The van der Waals surface area contributed by atoms with Crippen LogP contribution in [0.4, 0.5) is 4.79 Å². The van der Waals surface area contributed by atoms with Gasteiger partial charge in [-0.05, 0) is 68.0 Å². The van der Waals surface area contributed by atoms with E-state index in [4.69, 9.17) is 9.47 Å². The fourth-order valence-electron chi connectivity index (χ4n) is 2.30. The molecule has 7 heteroatoms. The first-order chi connectivity index (χ1) is 12.0. The van der Waals surface area contributed by atoms with E-state index >= 15 is 0 Å². The Morgan fingerprint density at radius 1 is 1.15 bits per heavy atom. The van der Waals surface area contributed by atoms with Crippen LogP contribution in [0, 0.1) is 3.57 Å². The maximum absolute atomic E-state index is 12.1. The molecule has 0 aliphatic rings. The van der Waals surface area contributed by atoms with E-state index in [1.54, 1.807) is 7.05 Å². The molecular weight excluding hydrogens is 447 g/mol. The van der Waals surface area contributed by atoms with E-state index in [1.807, 2.05) is 56.9 Å². The summed E-state index contributed by atoms with van der Waals surface area (Å²) >= 11 is 2.26. The number of amides is 1. The minimum absolute atomic E-state index is 0.0122. The smallest absolute Gasteiger partial charge is 0.410 e. The van der Waals surface area contributed by atoms with E-state index in [0.29, 0.717) is 13.1 Å². The van der Waals surface area contributed by atoms with Crippen molar-refractivity contribution in [3.63, 3.8) is 0 Å². The number of hydrogen-bond donors (Lipinski definition) is 0. The van der Waals surface area contributed by atoms with Gasteiger partial charge in [0.25, 0.3) is 0 Å². The van der Waals surface area contributed by atoms with Crippen LogP contribution in [0.3, 0.4) is 0 Å². The van der Waals surface area contributed by atoms with E-state index in [2.05, 4.69) is 22.6 Å². The number of methoxy groups -OCH3 is 1. The van der Waals surface area contributed by atoms with E-state index in [0.717, 1.165) is 9.13 Å². The van der Waals surface area contributed by atoms with Gasteiger partial charge < -0.3 is 14.4 Å². The lowest BCUT2D eigenvalue weighted by Crippen LogP contribution is -2.41. The van der Waals surface area contributed by atoms with Gasteiger partial charge in [0, 0.05) is 29.7 Å². The van der Waals surface area contributed by atoms with Crippen LogP contribution in [0.2, 0.25) is 0 Å². The molecule has 0 bridgehead atoms. The third-order valence-corrected chi connectivity index (χ3v) is 4.61. The zero-order chi connectivity index (χ0) is 19.9. The molecule has 0 fully saturated rings. The number of nitrogens with zero attached hydrogens (tertiary/aromatic N) is 2. The van der Waals surface area contributed by atoms with Crippen LogP contribution in [-0.2, 0) is 14.3 Å². The van der Waals surface area contributed by atoms with Crippen LogP contribution >= 0.6 is 22.6 Å². The van der Waals surface area contributed by atoms with Gasteiger partial charge in [0.1, 0.15) is 5.60 Å². The van der Waals surface area contributed by atoms with Crippen molar-refractivity contribution >= 4 is 34.7 Å². The molecule has 146 valence electrons. The molecule has 0 aromatic heterocycles. The van der Waals surface area contributed by atoms with Crippen molar-refractivity contribution in [1.82, 2.24) is 9.80 Å². The summed E-state index contributed by atoms with van der Waals surface area (Å²) in [4.78, 5) is 27.4. The second-order valence-corrected chi connectivity index (χ2v) is 8.42. The van der Waals surface area contributed by atoms with Crippen LogP contribution in [0.15, 0.2) is 24.3 Å². The van der Waals surface area contributed by atoms with Gasteiger partial charge in [-0.25, -0.2) is 4.79 Å². The van der Waals surface area contributed by atoms with Crippen LogP contribution in [-0.4, -0.2) is 61.3 Å². The monoisotopic (exact) mass is 476 g/mol. The Balaban J connectivity index is 2.78. The molecular formula is C19H29IN2O4. The molecule has 1 rings (SSSR count). The first-order valence-corrected chi connectivity index (χ1v) is 9.62. The Kier molecular flexibility index (Phi) is 8.82. The lowest BCUT2D eigenvalue weighted by atomic mass is 10.1. The molecule has 0 N–H and O–H groups in total.